The number of hydrogen-bond acceptors (Lipinski definition) is 2. The fraction of sp³-hybridized carbons (Fsp3) is 0.0833. The van der Waals surface area contributed by atoms with Crippen molar-refractivity contribution >= 4 is 5.69 Å². The third-order valence-electron chi connectivity index (χ3n) is 2.17. The van der Waals surface area contributed by atoms with Crippen molar-refractivity contribution < 1.29 is 0 Å². The number of hydrogen-bond donors (Lipinski definition) is 2. The highest BCUT2D eigenvalue weighted by Gasteiger charge is 1.94. The van der Waals surface area contributed by atoms with E-state index in [-0.39, 0.29) is 0 Å². The average molecular weight is 197 g/mol. The van der Waals surface area contributed by atoms with Crippen LogP contribution in [0.3, 0.4) is 0 Å². The van der Waals surface area contributed by atoms with Crippen molar-refractivity contribution in [3.05, 3.63) is 53.9 Å². The van der Waals surface area contributed by atoms with E-state index in [0.717, 1.165) is 12.2 Å². The minimum Gasteiger partial charge on any atom is -0.381 e. The van der Waals surface area contributed by atoms with Crippen molar-refractivity contribution in [2.24, 2.45) is 0 Å². The molecule has 0 radical (unpaired) electrons. The third kappa shape index (κ3) is 2.38. The van der Waals surface area contributed by atoms with Crippen molar-refractivity contribution in [2.45, 2.75) is 6.54 Å². The molecule has 3 nitrogen and oxygen atoms in total. The Kier molecular flexibility index (Phi) is 2.70. The number of aromatic nitrogens is 1. The van der Waals surface area contributed by atoms with Gasteiger partial charge in [0.15, 0.2) is 0 Å². The van der Waals surface area contributed by atoms with Gasteiger partial charge in [0, 0.05) is 24.6 Å². The number of nitriles is 1. The van der Waals surface area contributed by atoms with Crippen LogP contribution < -0.4 is 5.32 Å². The van der Waals surface area contributed by atoms with E-state index in [1.807, 2.05) is 30.6 Å². The highest BCUT2D eigenvalue weighted by atomic mass is 14.9. The topological polar surface area (TPSA) is 51.6 Å². The van der Waals surface area contributed by atoms with Crippen LogP contribution in [0.15, 0.2) is 42.7 Å². The van der Waals surface area contributed by atoms with Crippen LogP contribution in [0.1, 0.15) is 11.1 Å². The summed E-state index contributed by atoms with van der Waals surface area (Å²) in [5, 5.41) is 11.9. The summed E-state index contributed by atoms with van der Waals surface area (Å²) in [6.45, 7) is 0.787. The molecule has 0 saturated carbocycles. The number of rotatable bonds is 3. The van der Waals surface area contributed by atoms with Gasteiger partial charge in [-0.2, -0.15) is 5.26 Å². The molecule has 0 fully saturated rings. The summed E-state index contributed by atoms with van der Waals surface area (Å²) in [4.78, 5) is 3.00. The molecule has 0 aliphatic rings. The first-order valence-corrected chi connectivity index (χ1v) is 4.74. The Morgan fingerprint density at radius 2 is 2.00 bits per heavy atom. The van der Waals surface area contributed by atoms with Gasteiger partial charge in [0.05, 0.1) is 11.6 Å². The van der Waals surface area contributed by atoms with Crippen molar-refractivity contribution in [1.82, 2.24) is 4.98 Å². The first-order chi connectivity index (χ1) is 7.38. The Labute approximate surface area is 88.4 Å². The van der Waals surface area contributed by atoms with Gasteiger partial charge in [0.1, 0.15) is 0 Å². The summed E-state index contributed by atoms with van der Waals surface area (Å²) < 4.78 is 0. The van der Waals surface area contributed by atoms with E-state index in [2.05, 4.69) is 16.4 Å². The molecule has 2 rings (SSSR count). The molecule has 2 aromatic rings. The van der Waals surface area contributed by atoms with E-state index in [1.54, 1.807) is 12.1 Å². The molecule has 74 valence electrons. The Morgan fingerprint density at radius 3 is 2.60 bits per heavy atom. The van der Waals surface area contributed by atoms with Gasteiger partial charge < -0.3 is 10.3 Å². The fourth-order valence-corrected chi connectivity index (χ4v) is 1.34. The monoisotopic (exact) mass is 197 g/mol. The quantitative estimate of drug-likeness (QED) is 0.794. The SMILES string of the molecule is N#Cc1ccc(NCc2cc[nH]c2)cc1. The van der Waals surface area contributed by atoms with E-state index in [9.17, 15) is 0 Å². The van der Waals surface area contributed by atoms with Crippen LogP contribution in [0.5, 0.6) is 0 Å². The van der Waals surface area contributed by atoms with Crippen LogP contribution in [0.4, 0.5) is 5.69 Å². The number of benzene rings is 1. The molecule has 1 heterocycles. The van der Waals surface area contributed by atoms with E-state index in [4.69, 9.17) is 5.26 Å². The standard InChI is InChI=1S/C12H11N3/c13-7-10-1-3-12(4-2-10)15-9-11-5-6-14-8-11/h1-6,8,14-15H,9H2. The van der Waals surface area contributed by atoms with Crippen LogP contribution in [0.2, 0.25) is 0 Å². The molecular weight excluding hydrogens is 186 g/mol. The predicted octanol–water partition coefficient (Wildman–Crippen LogP) is 2.50. The van der Waals surface area contributed by atoms with Crippen molar-refractivity contribution in [3.63, 3.8) is 0 Å². The molecule has 0 aliphatic heterocycles. The van der Waals surface area contributed by atoms with E-state index < -0.39 is 0 Å². The van der Waals surface area contributed by atoms with Gasteiger partial charge in [-0.1, -0.05) is 0 Å². The summed E-state index contributed by atoms with van der Waals surface area (Å²) in [7, 11) is 0. The highest BCUT2D eigenvalue weighted by Crippen LogP contribution is 2.10. The maximum Gasteiger partial charge on any atom is 0.0991 e. The Morgan fingerprint density at radius 1 is 1.20 bits per heavy atom. The highest BCUT2D eigenvalue weighted by molar-refractivity contribution is 5.47. The minimum absolute atomic E-state index is 0.683. The van der Waals surface area contributed by atoms with Gasteiger partial charge in [-0.05, 0) is 35.9 Å². The van der Waals surface area contributed by atoms with E-state index >= 15 is 0 Å². The zero-order valence-electron chi connectivity index (χ0n) is 8.20. The Balaban J connectivity index is 1.97. The molecule has 3 heteroatoms. The molecule has 0 saturated heterocycles. The van der Waals surface area contributed by atoms with Crippen LogP contribution in [0.25, 0.3) is 0 Å². The van der Waals surface area contributed by atoms with Gasteiger partial charge in [0.2, 0.25) is 0 Å². The summed E-state index contributed by atoms with van der Waals surface area (Å²) in [5.74, 6) is 0. The molecule has 0 aliphatic carbocycles. The number of nitrogens with zero attached hydrogens (tertiary/aromatic N) is 1. The minimum atomic E-state index is 0.683. The molecule has 0 spiro atoms. The zero-order valence-corrected chi connectivity index (χ0v) is 8.20. The first-order valence-electron chi connectivity index (χ1n) is 4.74. The van der Waals surface area contributed by atoms with Crippen molar-refractivity contribution in [3.8, 4) is 6.07 Å². The number of H-pyrrole nitrogens is 1. The number of nitrogens with one attached hydrogen (secondary N) is 2. The molecule has 2 N–H and O–H groups in total. The van der Waals surface area contributed by atoms with Gasteiger partial charge in [-0.25, -0.2) is 0 Å². The second-order valence-corrected chi connectivity index (χ2v) is 3.26. The molecule has 0 amide bonds. The predicted molar refractivity (Wildman–Crippen MR) is 59.3 cm³/mol. The summed E-state index contributed by atoms with van der Waals surface area (Å²) in [5.41, 5.74) is 2.91. The Bertz CT molecular complexity index is 449. The van der Waals surface area contributed by atoms with E-state index in [0.29, 0.717) is 5.56 Å². The van der Waals surface area contributed by atoms with Gasteiger partial charge in [-0.3, -0.25) is 0 Å². The molecule has 0 unspecified atom stereocenters. The lowest BCUT2D eigenvalue weighted by molar-refractivity contribution is 1.15. The normalized spacial score (nSPS) is 9.53. The maximum absolute atomic E-state index is 8.63. The third-order valence-corrected chi connectivity index (χ3v) is 2.17. The largest absolute Gasteiger partial charge is 0.381 e. The van der Waals surface area contributed by atoms with Crippen LogP contribution in [-0.2, 0) is 6.54 Å². The smallest absolute Gasteiger partial charge is 0.0991 e. The molecule has 1 aromatic heterocycles. The molecule has 15 heavy (non-hydrogen) atoms. The first kappa shape index (κ1) is 9.35. The van der Waals surface area contributed by atoms with Crippen molar-refractivity contribution in [1.29, 1.82) is 5.26 Å². The molecule has 0 bridgehead atoms. The van der Waals surface area contributed by atoms with Crippen LogP contribution in [-0.4, -0.2) is 4.98 Å². The van der Waals surface area contributed by atoms with E-state index in [1.165, 1.54) is 5.56 Å². The number of aromatic amines is 1. The van der Waals surface area contributed by atoms with Gasteiger partial charge in [-0.15, -0.1) is 0 Å². The lowest BCUT2D eigenvalue weighted by Gasteiger charge is -2.04. The molecule has 0 atom stereocenters. The van der Waals surface area contributed by atoms with Crippen LogP contribution in [0, 0.1) is 11.3 Å². The summed E-state index contributed by atoms with van der Waals surface area (Å²) in [6, 6.07) is 11.5. The number of anilines is 1. The lowest BCUT2D eigenvalue weighted by atomic mass is 10.2. The molecule has 1 aromatic carbocycles. The lowest BCUT2D eigenvalue weighted by Crippen LogP contribution is -1.97. The zero-order chi connectivity index (χ0) is 10.5. The van der Waals surface area contributed by atoms with Crippen LogP contribution >= 0.6 is 0 Å². The summed E-state index contributed by atoms with van der Waals surface area (Å²) >= 11 is 0. The van der Waals surface area contributed by atoms with Crippen molar-refractivity contribution in [2.75, 3.05) is 5.32 Å². The molecular formula is C12H11N3. The Hall–Kier alpha value is -2.21. The average Bonchev–Trinajstić information content (AvgIpc) is 2.80. The van der Waals surface area contributed by atoms with Gasteiger partial charge >= 0.3 is 0 Å². The second-order valence-electron chi connectivity index (χ2n) is 3.26. The second kappa shape index (κ2) is 4.34. The van der Waals surface area contributed by atoms with Gasteiger partial charge in [0.25, 0.3) is 0 Å². The fourth-order valence-electron chi connectivity index (χ4n) is 1.34. The summed E-state index contributed by atoms with van der Waals surface area (Å²) in [6.07, 6.45) is 3.85. The maximum atomic E-state index is 8.63.